The molecule has 11 nitrogen and oxygen atoms in total. The van der Waals surface area contributed by atoms with Crippen LogP contribution in [0.4, 0.5) is 11.4 Å². The van der Waals surface area contributed by atoms with Crippen molar-refractivity contribution < 1.29 is 51.5 Å². The van der Waals surface area contributed by atoms with Crippen molar-refractivity contribution in [3.63, 3.8) is 0 Å². The summed E-state index contributed by atoms with van der Waals surface area (Å²) in [5.41, 5.74) is 1.44. The van der Waals surface area contributed by atoms with E-state index in [0.29, 0.717) is 11.5 Å². The van der Waals surface area contributed by atoms with E-state index in [4.69, 9.17) is 14.6 Å². The maximum absolute atomic E-state index is 11.9. The van der Waals surface area contributed by atoms with E-state index >= 15 is 0 Å². The van der Waals surface area contributed by atoms with Crippen LogP contribution in [0, 0.1) is 24.7 Å². The van der Waals surface area contributed by atoms with Gasteiger partial charge in [-0.1, -0.05) is 36.9 Å². The third-order valence-electron chi connectivity index (χ3n) is 5.30. The molecule has 0 fully saturated rings. The number of benzene rings is 4. The number of carbonyl (C=O) groups excluding carboxylic acids is 2. The first kappa shape index (κ1) is 38.4. The Morgan fingerprint density at radius 1 is 0.659 bits per heavy atom. The molecule has 0 saturated heterocycles. The average Bonchev–Trinajstić information content (AvgIpc) is 2.99. The zero-order valence-electron chi connectivity index (χ0n) is 23.6. The molecule has 0 bridgehead atoms. The molecule has 0 unspecified atom stereocenters. The maximum atomic E-state index is 11.9. The van der Waals surface area contributed by atoms with Gasteiger partial charge in [-0.15, -0.1) is 9.81 Å². The molecule has 0 aromatic heterocycles. The summed E-state index contributed by atoms with van der Waals surface area (Å²) in [5.74, 6) is -1.22. The first-order chi connectivity index (χ1) is 19.8. The fourth-order valence-electron chi connectivity index (χ4n) is 3.18. The van der Waals surface area contributed by atoms with Crippen molar-refractivity contribution in [2.24, 2.45) is 10.4 Å². The van der Waals surface area contributed by atoms with Crippen LogP contribution < -0.4 is 9.47 Å². The summed E-state index contributed by atoms with van der Waals surface area (Å²) in [6.45, 7) is 3.63. The van der Waals surface area contributed by atoms with Crippen molar-refractivity contribution >= 4 is 35.5 Å². The van der Waals surface area contributed by atoms with E-state index in [9.17, 15) is 29.6 Å². The van der Waals surface area contributed by atoms with Gasteiger partial charge in [0.15, 0.2) is 0 Å². The molecule has 0 aliphatic heterocycles. The quantitative estimate of drug-likeness (QED) is 0.0430. The summed E-state index contributed by atoms with van der Waals surface area (Å²) in [6, 6.07) is 20.6. The number of ether oxygens (including phenoxy) is 2. The van der Waals surface area contributed by atoms with E-state index < -0.39 is 11.9 Å². The van der Waals surface area contributed by atoms with Crippen LogP contribution in [0.15, 0.2) is 108 Å². The molecule has 4 aromatic carbocycles. The molecule has 0 spiro atoms. The second-order valence-electron chi connectivity index (χ2n) is 8.03. The van der Waals surface area contributed by atoms with Crippen molar-refractivity contribution in [3.8, 4) is 23.0 Å². The third-order valence-corrected chi connectivity index (χ3v) is 5.30. The monoisotopic (exact) mass is 640 g/mol. The van der Waals surface area contributed by atoms with Gasteiger partial charge >= 0.3 is 29.0 Å². The smallest absolute Gasteiger partial charge is 0.516 e. The van der Waals surface area contributed by atoms with Crippen LogP contribution in [-0.2, 0) is 17.1 Å². The summed E-state index contributed by atoms with van der Waals surface area (Å²) in [6.07, 6.45) is 4.06. The molecule has 4 aromatic rings. The molecule has 4 rings (SSSR count). The Bertz CT molecular complexity index is 1600. The van der Waals surface area contributed by atoms with E-state index in [2.05, 4.69) is 16.9 Å². The zero-order valence-corrected chi connectivity index (χ0v) is 24.7. The van der Waals surface area contributed by atoms with E-state index in [1.54, 1.807) is 54.6 Å². The third kappa shape index (κ3) is 10.7. The number of rotatable bonds is 8. The number of phenols is 2. The Morgan fingerprint density at radius 2 is 1.05 bits per heavy atom. The first-order valence-corrected chi connectivity index (χ1v) is 11.7. The molecule has 0 saturated carbocycles. The number of hydrogen-bond donors (Lipinski definition) is 3. The van der Waals surface area contributed by atoms with E-state index in [1.165, 1.54) is 36.4 Å². The number of esters is 2. The normalized spacial score (nSPS) is 9.45. The molecule has 3 N–H and O–H groups in total. The Morgan fingerprint density at radius 3 is 1.39 bits per heavy atom. The largest absolute Gasteiger partial charge is 2.00 e. The van der Waals surface area contributed by atoms with Crippen LogP contribution in [-0.4, -0.2) is 27.3 Å². The van der Waals surface area contributed by atoms with Gasteiger partial charge in [-0.2, -0.15) is 0 Å². The molecule has 0 aliphatic rings. The minimum absolute atomic E-state index is 0. The van der Waals surface area contributed by atoms with Crippen molar-refractivity contribution in [2.45, 2.75) is 0 Å². The Kier molecular flexibility index (Phi) is 16.4. The summed E-state index contributed by atoms with van der Waals surface area (Å²) in [7, 11) is 0. The summed E-state index contributed by atoms with van der Waals surface area (Å²) in [4.78, 5) is 44.7. The maximum Gasteiger partial charge on any atom is 2.00 e. The van der Waals surface area contributed by atoms with Gasteiger partial charge in [-0.25, -0.2) is 9.59 Å². The predicted molar refractivity (Wildman–Crippen MR) is 165 cm³/mol. The van der Waals surface area contributed by atoms with E-state index in [-0.39, 0.29) is 65.9 Å². The topological polar surface area (TPSA) is 172 Å². The fourth-order valence-corrected chi connectivity index (χ4v) is 3.18. The minimum atomic E-state index is -0.676. The molecule has 0 amide bonds. The Balaban J connectivity index is 0.000000788. The minimum Gasteiger partial charge on any atom is -0.516 e. The molecule has 0 atom stereocenters. The van der Waals surface area contributed by atoms with Crippen LogP contribution in [0.5, 0.6) is 23.0 Å². The standard InChI is InChI=1S/C15H11NO5.C15H11NO4.2CH3.Fe/c17-8-7-10-1-4-12(5-2-10)21-15(19)11-3-6-14(18)13(9-11)16-20;1-2-10-3-6-12(7-4-10)20-15(18)11-5-8-14(17)13(9-11)16-19;;;/h1-9,17-18H;2-9,17H,1H2;2*1H3;/q;;2*-1;+2/b8-7+;;;;. The summed E-state index contributed by atoms with van der Waals surface area (Å²) < 4.78 is 10.3. The molecule has 12 heteroatoms. The van der Waals surface area contributed by atoms with Gasteiger partial charge in [0.2, 0.25) is 0 Å². The Hall–Kier alpha value is -5.58. The van der Waals surface area contributed by atoms with Crippen LogP contribution in [0.25, 0.3) is 12.2 Å². The zero-order chi connectivity index (χ0) is 29.8. The SMILES string of the molecule is C=Cc1ccc(OC(=O)c2ccc(O)c(N=O)c2)cc1.O=Nc1cc(C(=O)Oc2ccc(/C=C/O)cc2)ccc1O.[CH3-].[CH3-].[Fe+2]. The van der Waals surface area contributed by atoms with Crippen LogP contribution >= 0.6 is 0 Å². The molecule has 0 heterocycles. The van der Waals surface area contributed by atoms with Crippen LogP contribution in [0.2, 0.25) is 0 Å². The fraction of sp³-hybridized carbons (Fsp3) is 0. The molecule has 44 heavy (non-hydrogen) atoms. The van der Waals surface area contributed by atoms with E-state index in [1.807, 2.05) is 0 Å². The predicted octanol–water partition coefficient (Wildman–Crippen LogP) is 8.09. The first-order valence-electron chi connectivity index (χ1n) is 11.7. The number of aliphatic hydroxyl groups excluding tert-OH is 1. The number of phenolic OH excluding ortho intramolecular Hbond substituents is 2. The van der Waals surface area contributed by atoms with Crippen molar-refractivity contribution in [1.29, 1.82) is 0 Å². The van der Waals surface area contributed by atoms with Crippen molar-refractivity contribution in [1.82, 2.24) is 0 Å². The van der Waals surface area contributed by atoms with Gasteiger partial charge in [-0.05, 0) is 88.2 Å². The molecule has 0 radical (unpaired) electrons. The van der Waals surface area contributed by atoms with Gasteiger partial charge in [0, 0.05) is 0 Å². The Labute approximate surface area is 264 Å². The van der Waals surface area contributed by atoms with Crippen LogP contribution in [0.3, 0.4) is 0 Å². The average molecular weight is 640 g/mol. The van der Waals surface area contributed by atoms with Gasteiger partial charge in [0.1, 0.15) is 34.4 Å². The second kappa shape index (κ2) is 18.8. The number of carbonyl (C=O) groups is 2. The number of nitroso groups, excluding NO2 is 2. The summed E-state index contributed by atoms with van der Waals surface area (Å²) >= 11 is 0. The summed E-state index contributed by atoms with van der Waals surface area (Å²) in [5, 5.41) is 32.5. The second-order valence-corrected chi connectivity index (χ2v) is 8.03. The van der Waals surface area contributed by atoms with Gasteiger partial charge in [0.25, 0.3) is 0 Å². The van der Waals surface area contributed by atoms with Crippen molar-refractivity contribution in [3.05, 3.63) is 145 Å². The van der Waals surface area contributed by atoms with Gasteiger partial charge < -0.3 is 39.6 Å². The van der Waals surface area contributed by atoms with E-state index in [0.717, 1.165) is 23.5 Å². The molecule has 0 aliphatic carbocycles. The number of hydrogen-bond acceptors (Lipinski definition) is 11. The number of aromatic hydroxyl groups is 2. The van der Waals surface area contributed by atoms with Gasteiger partial charge in [0.05, 0.1) is 17.4 Å². The van der Waals surface area contributed by atoms with Crippen LogP contribution in [0.1, 0.15) is 31.8 Å². The number of nitrogens with zero attached hydrogens (tertiary/aromatic N) is 2. The molecule has 228 valence electrons. The molecular formula is C32H28FeN2O9. The molecular weight excluding hydrogens is 612 g/mol. The van der Waals surface area contributed by atoms with Crippen molar-refractivity contribution in [2.75, 3.05) is 0 Å². The van der Waals surface area contributed by atoms with Gasteiger partial charge in [-0.3, -0.25) is 0 Å². The number of aliphatic hydroxyl groups is 1.